The Morgan fingerprint density at radius 1 is 1.19 bits per heavy atom. The second-order valence-electron chi connectivity index (χ2n) is 7.91. The Kier molecular flexibility index (Phi) is 5.37. The average Bonchev–Trinajstić information content (AvgIpc) is 3.33. The molecule has 0 radical (unpaired) electrons. The molecule has 1 aromatic heterocycles. The molecule has 0 N–H and O–H groups in total. The molecule has 6 heteroatoms. The summed E-state index contributed by atoms with van der Waals surface area (Å²) in [5.41, 5.74) is 2.79. The third-order valence-corrected chi connectivity index (χ3v) is 8.00. The van der Waals surface area contributed by atoms with E-state index in [1.54, 1.807) is 4.31 Å². The van der Waals surface area contributed by atoms with Crippen molar-refractivity contribution >= 4 is 10.0 Å². The number of imidazole rings is 1. The van der Waals surface area contributed by atoms with E-state index in [2.05, 4.69) is 40.7 Å². The van der Waals surface area contributed by atoms with Gasteiger partial charge in [-0.1, -0.05) is 31.2 Å². The third-order valence-electron chi connectivity index (χ3n) is 6.13. The highest BCUT2D eigenvalue weighted by molar-refractivity contribution is 7.89. The lowest BCUT2D eigenvalue weighted by molar-refractivity contribution is 0.262. The molecule has 2 aromatic rings. The number of fused-ring (bicyclic) bond motifs is 1. The van der Waals surface area contributed by atoms with Gasteiger partial charge in [0.2, 0.25) is 10.0 Å². The minimum atomic E-state index is -3.20. The highest BCUT2D eigenvalue weighted by Gasteiger charge is 2.31. The normalized spacial score (nSPS) is 21.4. The standard InChI is InChI=1S/C21H29N3O2S/c1-2-21-22-10-12-24(21)20-8-5-11-23(16-20)27(25,26)13-9-17-14-18-6-3-4-7-19(18)15-17/h3-4,6-7,10,12,17,20H,2,5,8-9,11,13-16H2,1H3. The molecule has 146 valence electrons. The number of hydrogen-bond donors (Lipinski definition) is 0. The molecular formula is C21H29N3O2S. The average molecular weight is 388 g/mol. The van der Waals surface area contributed by atoms with Crippen molar-refractivity contribution in [1.82, 2.24) is 13.9 Å². The molecule has 27 heavy (non-hydrogen) atoms. The van der Waals surface area contributed by atoms with Crippen LogP contribution in [0.1, 0.15) is 49.2 Å². The number of benzene rings is 1. The fourth-order valence-electron chi connectivity index (χ4n) is 4.65. The molecule has 5 nitrogen and oxygen atoms in total. The molecule has 1 atom stereocenters. The van der Waals surface area contributed by atoms with Gasteiger partial charge in [-0.25, -0.2) is 13.4 Å². The topological polar surface area (TPSA) is 55.2 Å². The summed E-state index contributed by atoms with van der Waals surface area (Å²) in [7, 11) is -3.20. The van der Waals surface area contributed by atoms with Gasteiger partial charge in [-0.3, -0.25) is 0 Å². The minimum Gasteiger partial charge on any atom is -0.331 e. The molecule has 1 aliphatic carbocycles. The molecule has 1 fully saturated rings. The fourth-order valence-corrected chi connectivity index (χ4v) is 6.35. The van der Waals surface area contributed by atoms with Gasteiger partial charge in [0.25, 0.3) is 0 Å². The van der Waals surface area contributed by atoms with Crippen LogP contribution in [0.25, 0.3) is 0 Å². The predicted molar refractivity (Wildman–Crippen MR) is 107 cm³/mol. The van der Waals surface area contributed by atoms with E-state index in [-0.39, 0.29) is 11.8 Å². The molecule has 1 unspecified atom stereocenters. The van der Waals surface area contributed by atoms with E-state index in [4.69, 9.17) is 0 Å². The zero-order valence-corrected chi connectivity index (χ0v) is 16.9. The summed E-state index contributed by atoms with van der Waals surface area (Å²) < 4.78 is 29.9. The Labute approximate surface area is 162 Å². The van der Waals surface area contributed by atoms with E-state index in [0.29, 0.717) is 19.0 Å². The Balaban J connectivity index is 1.37. The van der Waals surface area contributed by atoms with Gasteiger partial charge < -0.3 is 4.57 Å². The first-order valence-corrected chi connectivity index (χ1v) is 11.7. The minimum absolute atomic E-state index is 0.210. The zero-order chi connectivity index (χ0) is 18.9. The molecule has 1 saturated heterocycles. The van der Waals surface area contributed by atoms with Crippen LogP contribution in [0.4, 0.5) is 0 Å². The van der Waals surface area contributed by atoms with Crippen LogP contribution >= 0.6 is 0 Å². The van der Waals surface area contributed by atoms with E-state index in [0.717, 1.165) is 44.3 Å². The lowest BCUT2D eigenvalue weighted by Crippen LogP contribution is -2.42. The lowest BCUT2D eigenvalue weighted by atomic mass is 10.0. The molecular weight excluding hydrogens is 358 g/mol. The highest BCUT2D eigenvalue weighted by atomic mass is 32.2. The quantitative estimate of drug-likeness (QED) is 0.765. The number of hydrogen-bond acceptors (Lipinski definition) is 3. The van der Waals surface area contributed by atoms with Crippen molar-refractivity contribution in [1.29, 1.82) is 0 Å². The first-order valence-electron chi connectivity index (χ1n) is 10.1. The molecule has 0 saturated carbocycles. The Hall–Kier alpha value is -1.66. The number of nitrogens with zero attached hydrogens (tertiary/aromatic N) is 3. The lowest BCUT2D eigenvalue weighted by Gasteiger charge is -2.33. The van der Waals surface area contributed by atoms with Crippen LogP contribution in [0.15, 0.2) is 36.7 Å². The maximum Gasteiger partial charge on any atom is 0.214 e. The summed E-state index contributed by atoms with van der Waals surface area (Å²) in [6.07, 6.45) is 9.42. The summed E-state index contributed by atoms with van der Waals surface area (Å²) in [5.74, 6) is 1.77. The smallest absolute Gasteiger partial charge is 0.214 e. The van der Waals surface area contributed by atoms with E-state index < -0.39 is 10.0 Å². The van der Waals surface area contributed by atoms with Gasteiger partial charge in [0, 0.05) is 37.9 Å². The van der Waals surface area contributed by atoms with E-state index in [1.165, 1.54) is 11.1 Å². The van der Waals surface area contributed by atoms with E-state index >= 15 is 0 Å². The van der Waals surface area contributed by atoms with Crippen molar-refractivity contribution in [2.75, 3.05) is 18.8 Å². The van der Waals surface area contributed by atoms with Crippen LogP contribution < -0.4 is 0 Å². The van der Waals surface area contributed by atoms with Gasteiger partial charge in [0.05, 0.1) is 5.75 Å². The van der Waals surface area contributed by atoms with Crippen LogP contribution in [-0.4, -0.2) is 41.1 Å². The number of sulfonamides is 1. The molecule has 2 aliphatic rings. The van der Waals surface area contributed by atoms with Gasteiger partial charge in [0.1, 0.15) is 5.82 Å². The third kappa shape index (κ3) is 3.97. The van der Waals surface area contributed by atoms with Crippen molar-refractivity contribution < 1.29 is 8.42 Å². The van der Waals surface area contributed by atoms with Crippen molar-refractivity contribution in [3.63, 3.8) is 0 Å². The molecule has 0 bridgehead atoms. The fraction of sp³-hybridized carbons (Fsp3) is 0.571. The maximum atomic E-state index is 13.0. The van der Waals surface area contributed by atoms with Crippen LogP contribution in [0.3, 0.4) is 0 Å². The van der Waals surface area contributed by atoms with Gasteiger partial charge >= 0.3 is 0 Å². The summed E-state index contributed by atoms with van der Waals surface area (Å²) in [4.78, 5) is 4.40. The van der Waals surface area contributed by atoms with Crippen LogP contribution in [0, 0.1) is 5.92 Å². The van der Waals surface area contributed by atoms with Crippen molar-refractivity contribution in [2.45, 2.75) is 51.5 Å². The summed E-state index contributed by atoms with van der Waals surface area (Å²) in [5, 5.41) is 0. The summed E-state index contributed by atoms with van der Waals surface area (Å²) in [6.45, 7) is 3.33. The van der Waals surface area contributed by atoms with Crippen molar-refractivity contribution in [2.24, 2.45) is 5.92 Å². The Morgan fingerprint density at radius 2 is 1.93 bits per heavy atom. The second-order valence-corrected chi connectivity index (χ2v) is 9.99. The Morgan fingerprint density at radius 3 is 2.63 bits per heavy atom. The van der Waals surface area contributed by atoms with Gasteiger partial charge in [-0.2, -0.15) is 4.31 Å². The molecule has 4 rings (SSSR count). The van der Waals surface area contributed by atoms with Crippen LogP contribution in [0.2, 0.25) is 0 Å². The Bertz CT molecular complexity index is 865. The second kappa shape index (κ2) is 7.76. The SMILES string of the molecule is CCc1nccn1C1CCCN(S(=O)(=O)CCC2Cc3ccccc3C2)C1. The zero-order valence-electron chi connectivity index (χ0n) is 16.0. The molecule has 1 aliphatic heterocycles. The molecule has 0 amide bonds. The number of piperidine rings is 1. The van der Waals surface area contributed by atoms with Gasteiger partial charge in [-0.05, 0) is 49.1 Å². The largest absolute Gasteiger partial charge is 0.331 e. The first-order chi connectivity index (χ1) is 13.1. The van der Waals surface area contributed by atoms with Gasteiger partial charge in [-0.15, -0.1) is 0 Å². The number of aromatic nitrogens is 2. The van der Waals surface area contributed by atoms with Gasteiger partial charge in [0.15, 0.2) is 0 Å². The maximum absolute atomic E-state index is 13.0. The van der Waals surface area contributed by atoms with Crippen LogP contribution in [-0.2, 0) is 29.3 Å². The van der Waals surface area contributed by atoms with Crippen LogP contribution in [0.5, 0.6) is 0 Å². The monoisotopic (exact) mass is 387 g/mol. The summed E-state index contributed by atoms with van der Waals surface area (Å²) in [6, 6.07) is 8.71. The molecule has 1 aromatic carbocycles. The molecule has 0 spiro atoms. The summed E-state index contributed by atoms with van der Waals surface area (Å²) >= 11 is 0. The first kappa shape index (κ1) is 18.7. The molecule has 2 heterocycles. The van der Waals surface area contributed by atoms with E-state index in [1.807, 2.05) is 12.4 Å². The van der Waals surface area contributed by atoms with Crippen molar-refractivity contribution in [3.8, 4) is 0 Å². The predicted octanol–water partition coefficient (Wildman–Crippen LogP) is 3.22. The number of aryl methyl sites for hydroxylation is 1. The number of rotatable bonds is 6. The van der Waals surface area contributed by atoms with E-state index in [9.17, 15) is 8.42 Å². The highest BCUT2D eigenvalue weighted by Crippen LogP contribution is 2.30. The van der Waals surface area contributed by atoms with Crippen molar-refractivity contribution in [3.05, 3.63) is 53.6 Å².